The number of methoxy groups -OCH3 is 1. The first-order valence-corrected chi connectivity index (χ1v) is 5.52. The topological polar surface area (TPSA) is 61.3 Å². The molecule has 4 nitrogen and oxygen atoms in total. The van der Waals surface area contributed by atoms with Crippen molar-refractivity contribution in [2.45, 2.75) is 13.3 Å². The van der Waals surface area contributed by atoms with Crippen molar-refractivity contribution in [3.63, 3.8) is 0 Å². The van der Waals surface area contributed by atoms with Crippen LogP contribution in [0.15, 0.2) is 28.8 Å². The largest absolute Gasteiger partial charge is 0.384 e. The number of ether oxygens (including phenoxy) is 1. The van der Waals surface area contributed by atoms with Crippen LogP contribution in [0, 0.1) is 6.92 Å². The van der Waals surface area contributed by atoms with Crippen LogP contribution in [0.3, 0.4) is 0 Å². The highest BCUT2D eigenvalue weighted by atomic mass is 16.5. The average molecular weight is 232 g/mol. The van der Waals surface area contributed by atoms with E-state index in [0.29, 0.717) is 18.8 Å². The zero-order chi connectivity index (χ0) is 12.3. The predicted octanol–water partition coefficient (Wildman–Crippen LogP) is 2.42. The molecule has 0 fully saturated rings. The van der Waals surface area contributed by atoms with Crippen molar-refractivity contribution in [3.05, 3.63) is 35.6 Å². The van der Waals surface area contributed by atoms with Gasteiger partial charge in [-0.3, -0.25) is 0 Å². The summed E-state index contributed by atoms with van der Waals surface area (Å²) in [6.45, 7) is 2.64. The number of hydrogen-bond acceptors (Lipinski definition) is 4. The average Bonchev–Trinajstić information content (AvgIpc) is 2.69. The lowest BCUT2D eigenvalue weighted by atomic mass is 10.0. The van der Waals surface area contributed by atoms with E-state index >= 15 is 0 Å². The maximum absolute atomic E-state index is 5.84. The van der Waals surface area contributed by atoms with Crippen molar-refractivity contribution in [1.82, 2.24) is 5.16 Å². The van der Waals surface area contributed by atoms with Gasteiger partial charge in [-0.2, -0.15) is 0 Å². The standard InChI is InChI=1S/C13H16N2O2/c1-9-3-5-10(6-4-9)12-11(7-8-16-2)17-15-13(12)14/h3-6H,7-8H2,1-2H3,(H2,14,15). The first kappa shape index (κ1) is 11.7. The van der Waals surface area contributed by atoms with Gasteiger partial charge in [0.05, 0.1) is 12.2 Å². The maximum Gasteiger partial charge on any atom is 0.175 e. The minimum absolute atomic E-state index is 0.431. The molecule has 0 spiro atoms. The van der Waals surface area contributed by atoms with Gasteiger partial charge in [0, 0.05) is 13.5 Å². The second-order valence-electron chi connectivity index (χ2n) is 3.97. The summed E-state index contributed by atoms with van der Waals surface area (Å²) in [5.74, 6) is 1.20. The highest BCUT2D eigenvalue weighted by molar-refractivity contribution is 5.75. The summed E-state index contributed by atoms with van der Waals surface area (Å²) >= 11 is 0. The van der Waals surface area contributed by atoms with Gasteiger partial charge in [0.1, 0.15) is 5.76 Å². The van der Waals surface area contributed by atoms with Crippen molar-refractivity contribution in [1.29, 1.82) is 0 Å². The van der Waals surface area contributed by atoms with Crippen LogP contribution in [0.2, 0.25) is 0 Å². The first-order valence-electron chi connectivity index (χ1n) is 5.52. The van der Waals surface area contributed by atoms with Crippen LogP contribution >= 0.6 is 0 Å². The number of aromatic nitrogens is 1. The lowest BCUT2D eigenvalue weighted by molar-refractivity contribution is 0.193. The molecule has 0 aliphatic rings. The van der Waals surface area contributed by atoms with E-state index in [1.54, 1.807) is 7.11 Å². The summed E-state index contributed by atoms with van der Waals surface area (Å²) in [6, 6.07) is 8.13. The monoisotopic (exact) mass is 232 g/mol. The van der Waals surface area contributed by atoms with Crippen LogP contribution in [0.1, 0.15) is 11.3 Å². The summed E-state index contributed by atoms with van der Waals surface area (Å²) in [4.78, 5) is 0. The molecule has 2 N–H and O–H groups in total. The Bertz CT molecular complexity index is 489. The first-order chi connectivity index (χ1) is 8.22. The number of hydrogen-bond donors (Lipinski definition) is 1. The normalized spacial score (nSPS) is 10.7. The van der Waals surface area contributed by atoms with Gasteiger partial charge >= 0.3 is 0 Å². The van der Waals surface area contributed by atoms with Gasteiger partial charge in [0.2, 0.25) is 0 Å². The van der Waals surface area contributed by atoms with Crippen LogP contribution in [0.5, 0.6) is 0 Å². The summed E-state index contributed by atoms with van der Waals surface area (Å²) in [5, 5.41) is 3.82. The van der Waals surface area contributed by atoms with E-state index in [0.717, 1.165) is 16.9 Å². The molecule has 1 heterocycles. The molecule has 0 aliphatic heterocycles. The molecule has 0 amide bonds. The van der Waals surface area contributed by atoms with Crippen molar-refractivity contribution in [2.75, 3.05) is 19.5 Å². The Morgan fingerprint density at radius 3 is 2.65 bits per heavy atom. The van der Waals surface area contributed by atoms with Gasteiger partial charge in [0.15, 0.2) is 5.82 Å². The smallest absolute Gasteiger partial charge is 0.175 e. The molecule has 2 rings (SSSR count). The third-order valence-electron chi connectivity index (χ3n) is 2.66. The van der Waals surface area contributed by atoms with Gasteiger partial charge in [0.25, 0.3) is 0 Å². The molecule has 0 bridgehead atoms. The number of nitrogens with zero attached hydrogens (tertiary/aromatic N) is 1. The number of rotatable bonds is 4. The Morgan fingerprint density at radius 2 is 2.00 bits per heavy atom. The summed E-state index contributed by atoms with van der Waals surface area (Å²) in [5.41, 5.74) is 8.95. The van der Waals surface area contributed by atoms with E-state index in [1.165, 1.54) is 5.56 Å². The van der Waals surface area contributed by atoms with Crippen molar-refractivity contribution >= 4 is 5.82 Å². The van der Waals surface area contributed by atoms with Gasteiger partial charge in [-0.1, -0.05) is 35.0 Å². The Hall–Kier alpha value is -1.81. The van der Waals surface area contributed by atoms with E-state index in [9.17, 15) is 0 Å². The van der Waals surface area contributed by atoms with E-state index < -0.39 is 0 Å². The number of aryl methyl sites for hydroxylation is 1. The fourth-order valence-electron chi connectivity index (χ4n) is 1.73. The number of nitrogen functional groups attached to an aromatic ring is 1. The third kappa shape index (κ3) is 2.47. The Balaban J connectivity index is 2.36. The molecule has 1 aromatic heterocycles. The van der Waals surface area contributed by atoms with Gasteiger partial charge in [-0.25, -0.2) is 0 Å². The summed E-state index contributed by atoms with van der Waals surface area (Å²) in [6.07, 6.45) is 0.671. The summed E-state index contributed by atoms with van der Waals surface area (Å²) in [7, 11) is 1.66. The Morgan fingerprint density at radius 1 is 1.29 bits per heavy atom. The second-order valence-corrected chi connectivity index (χ2v) is 3.97. The van der Waals surface area contributed by atoms with Crippen molar-refractivity contribution < 1.29 is 9.26 Å². The molecule has 2 aromatic rings. The molecule has 4 heteroatoms. The molecule has 1 aromatic carbocycles. The zero-order valence-corrected chi connectivity index (χ0v) is 10.1. The maximum atomic E-state index is 5.84. The third-order valence-corrected chi connectivity index (χ3v) is 2.66. The molecule has 0 radical (unpaired) electrons. The number of benzene rings is 1. The minimum atomic E-state index is 0.431. The van der Waals surface area contributed by atoms with E-state index in [4.69, 9.17) is 15.0 Å². The highest BCUT2D eigenvalue weighted by Gasteiger charge is 2.15. The van der Waals surface area contributed by atoms with Crippen LogP contribution in [0.25, 0.3) is 11.1 Å². The second kappa shape index (κ2) is 5.01. The quantitative estimate of drug-likeness (QED) is 0.879. The molecule has 17 heavy (non-hydrogen) atoms. The molecule has 0 unspecified atom stereocenters. The molecule has 0 saturated heterocycles. The fourth-order valence-corrected chi connectivity index (χ4v) is 1.73. The molecular formula is C13H16N2O2. The van der Waals surface area contributed by atoms with E-state index in [-0.39, 0.29) is 0 Å². The van der Waals surface area contributed by atoms with E-state index in [1.807, 2.05) is 31.2 Å². The predicted molar refractivity (Wildman–Crippen MR) is 66.7 cm³/mol. The van der Waals surface area contributed by atoms with Gasteiger partial charge in [-0.05, 0) is 12.5 Å². The Kier molecular flexibility index (Phi) is 3.44. The zero-order valence-electron chi connectivity index (χ0n) is 10.1. The molecular weight excluding hydrogens is 216 g/mol. The van der Waals surface area contributed by atoms with Gasteiger partial charge < -0.3 is 15.0 Å². The van der Waals surface area contributed by atoms with Crippen LogP contribution in [-0.2, 0) is 11.2 Å². The van der Waals surface area contributed by atoms with Crippen molar-refractivity contribution in [3.8, 4) is 11.1 Å². The van der Waals surface area contributed by atoms with E-state index in [2.05, 4.69) is 5.16 Å². The number of nitrogens with two attached hydrogens (primary N) is 1. The van der Waals surface area contributed by atoms with Crippen LogP contribution < -0.4 is 5.73 Å². The van der Waals surface area contributed by atoms with Crippen LogP contribution in [-0.4, -0.2) is 18.9 Å². The van der Waals surface area contributed by atoms with Gasteiger partial charge in [-0.15, -0.1) is 0 Å². The number of anilines is 1. The lowest BCUT2D eigenvalue weighted by Crippen LogP contribution is -1.96. The SMILES string of the molecule is COCCc1onc(N)c1-c1ccc(C)cc1. The highest BCUT2D eigenvalue weighted by Crippen LogP contribution is 2.29. The lowest BCUT2D eigenvalue weighted by Gasteiger charge is -2.02. The molecule has 0 atom stereocenters. The Labute approximate surface area is 100 Å². The fraction of sp³-hybridized carbons (Fsp3) is 0.308. The molecule has 0 saturated carbocycles. The van der Waals surface area contributed by atoms with Crippen molar-refractivity contribution in [2.24, 2.45) is 0 Å². The minimum Gasteiger partial charge on any atom is -0.384 e. The molecule has 0 aliphatic carbocycles. The van der Waals surface area contributed by atoms with Crippen LogP contribution in [0.4, 0.5) is 5.82 Å². The molecule has 90 valence electrons. The summed E-state index contributed by atoms with van der Waals surface area (Å²) < 4.78 is 10.3.